The number of benzene rings is 3. The summed E-state index contributed by atoms with van der Waals surface area (Å²) in [6, 6.07) is 18.5. The molecule has 0 aliphatic carbocycles. The van der Waals surface area contributed by atoms with E-state index in [1.54, 1.807) is 37.6 Å². The van der Waals surface area contributed by atoms with Crippen molar-refractivity contribution in [1.82, 2.24) is 5.43 Å². The predicted octanol–water partition coefficient (Wildman–Crippen LogP) is 5.01. The molecular formula is C21H15ClN2O3. The highest BCUT2D eigenvalue weighted by Gasteiger charge is 2.12. The van der Waals surface area contributed by atoms with E-state index in [-0.39, 0.29) is 5.76 Å². The highest BCUT2D eigenvalue weighted by Crippen LogP contribution is 2.26. The van der Waals surface area contributed by atoms with Gasteiger partial charge in [0, 0.05) is 16.0 Å². The Morgan fingerprint density at radius 1 is 1.11 bits per heavy atom. The van der Waals surface area contributed by atoms with Gasteiger partial charge < -0.3 is 9.15 Å². The van der Waals surface area contributed by atoms with E-state index in [0.29, 0.717) is 16.4 Å². The molecule has 27 heavy (non-hydrogen) atoms. The van der Waals surface area contributed by atoms with E-state index in [0.717, 1.165) is 21.7 Å². The molecule has 1 aromatic heterocycles. The van der Waals surface area contributed by atoms with Crippen molar-refractivity contribution in [2.45, 2.75) is 0 Å². The number of carbonyl (C=O) groups excluding carboxylic acids is 1. The molecule has 1 N–H and O–H groups in total. The normalized spacial score (nSPS) is 11.3. The number of rotatable bonds is 4. The summed E-state index contributed by atoms with van der Waals surface area (Å²) in [7, 11) is 1.60. The lowest BCUT2D eigenvalue weighted by Crippen LogP contribution is -2.16. The zero-order chi connectivity index (χ0) is 18.8. The van der Waals surface area contributed by atoms with E-state index < -0.39 is 5.91 Å². The Bertz CT molecular complexity index is 1180. The number of methoxy groups -OCH3 is 1. The number of furan rings is 1. The summed E-state index contributed by atoms with van der Waals surface area (Å²) in [6.07, 6.45) is 1.57. The number of ether oxygens (including phenoxy) is 1. The SMILES string of the molecule is COc1ccc2ccccc2c1/C=N\NC(=O)c1cc2cc(Cl)ccc2o1. The third-order valence-electron chi connectivity index (χ3n) is 4.21. The molecule has 4 rings (SSSR count). The molecule has 4 aromatic rings. The number of hydrogen-bond acceptors (Lipinski definition) is 4. The van der Waals surface area contributed by atoms with Crippen molar-refractivity contribution in [3.05, 3.63) is 77.0 Å². The van der Waals surface area contributed by atoms with Crippen molar-refractivity contribution < 1.29 is 13.9 Å². The molecule has 0 fully saturated rings. The topological polar surface area (TPSA) is 63.8 Å². The average Bonchev–Trinajstić information content (AvgIpc) is 3.11. The molecule has 6 heteroatoms. The molecule has 0 aliphatic heterocycles. The molecule has 0 atom stereocenters. The van der Waals surface area contributed by atoms with Gasteiger partial charge in [-0.3, -0.25) is 4.79 Å². The molecule has 134 valence electrons. The van der Waals surface area contributed by atoms with Crippen LogP contribution in [-0.4, -0.2) is 19.2 Å². The summed E-state index contributed by atoms with van der Waals surface area (Å²) in [5.74, 6) is 0.386. The van der Waals surface area contributed by atoms with Crippen LogP contribution in [0.4, 0.5) is 0 Å². The van der Waals surface area contributed by atoms with E-state index in [2.05, 4.69) is 10.5 Å². The maximum absolute atomic E-state index is 12.3. The van der Waals surface area contributed by atoms with Gasteiger partial charge in [0.2, 0.25) is 0 Å². The van der Waals surface area contributed by atoms with E-state index in [4.69, 9.17) is 20.8 Å². The second-order valence-corrected chi connectivity index (χ2v) is 6.33. The number of nitrogens with zero attached hydrogens (tertiary/aromatic N) is 1. The van der Waals surface area contributed by atoms with Gasteiger partial charge in [-0.1, -0.05) is 41.9 Å². The van der Waals surface area contributed by atoms with Gasteiger partial charge in [-0.2, -0.15) is 5.10 Å². The van der Waals surface area contributed by atoms with E-state index in [9.17, 15) is 4.79 Å². The Hall–Kier alpha value is -3.31. The van der Waals surface area contributed by atoms with Crippen LogP contribution >= 0.6 is 11.6 Å². The Labute approximate surface area is 160 Å². The molecule has 5 nitrogen and oxygen atoms in total. The Morgan fingerprint density at radius 2 is 1.96 bits per heavy atom. The standard InChI is InChI=1S/C21H15ClN2O3/c1-26-19-8-6-13-4-2-3-5-16(13)17(19)12-23-24-21(25)20-11-14-10-15(22)7-9-18(14)27-20/h2-12H,1H3,(H,24,25)/b23-12-. The summed E-state index contributed by atoms with van der Waals surface area (Å²) < 4.78 is 10.9. The van der Waals surface area contributed by atoms with Crippen LogP contribution in [0.15, 0.2) is 70.2 Å². The molecular weight excluding hydrogens is 364 g/mol. The van der Waals surface area contributed by atoms with Crippen LogP contribution in [0.5, 0.6) is 5.75 Å². The van der Waals surface area contributed by atoms with Gasteiger partial charge in [0.25, 0.3) is 0 Å². The summed E-state index contributed by atoms with van der Waals surface area (Å²) in [4.78, 5) is 12.3. The minimum absolute atomic E-state index is 0.161. The quantitative estimate of drug-likeness (QED) is 0.401. The smallest absolute Gasteiger partial charge is 0.307 e. The second-order valence-electron chi connectivity index (χ2n) is 5.89. The van der Waals surface area contributed by atoms with Crippen molar-refractivity contribution >= 4 is 45.5 Å². The molecule has 0 aliphatic rings. The van der Waals surface area contributed by atoms with Crippen LogP contribution in [0, 0.1) is 0 Å². The Balaban J connectivity index is 1.60. The average molecular weight is 379 g/mol. The molecule has 0 saturated heterocycles. The molecule has 3 aromatic carbocycles. The first-order valence-corrected chi connectivity index (χ1v) is 8.62. The summed E-state index contributed by atoms with van der Waals surface area (Å²) >= 11 is 5.96. The van der Waals surface area contributed by atoms with E-state index in [1.165, 1.54) is 0 Å². The van der Waals surface area contributed by atoms with Crippen molar-refractivity contribution in [3.8, 4) is 5.75 Å². The van der Waals surface area contributed by atoms with Gasteiger partial charge in [0.05, 0.1) is 13.3 Å². The fourth-order valence-corrected chi connectivity index (χ4v) is 3.10. The number of hydrazone groups is 1. The Kier molecular flexibility index (Phi) is 4.52. The maximum Gasteiger partial charge on any atom is 0.307 e. The highest BCUT2D eigenvalue weighted by molar-refractivity contribution is 6.31. The molecule has 0 saturated carbocycles. The minimum atomic E-state index is -0.447. The van der Waals surface area contributed by atoms with E-state index >= 15 is 0 Å². The lowest BCUT2D eigenvalue weighted by atomic mass is 10.0. The number of halogens is 1. The second kappa shape index (κ2) is 7.13. The van der Waals surface area contributed by atoms with Gasteiger partial charge in [-0.25, -0.2) is 5.43 Å². The van der Waals surface area contributed by atoms with Crippen LogP contribution in [0.3, 0.4) is 0 Å². The van der Waals surface area contributed by atoms with E-state index in [1.807, 2.05) is 36.4 Å². The van der Waals surface area contributed by atoms with Crippen LogP contribution < -0.4 is 10.2 Å². The van der Waals surface area contributed by atoms with Crippen molar-refractivity contribution in [2.75, 3.05) is 7.11 Å². The lowest BCUT2D eigenvalue weighted by Gasteiger charge is -2.08. The first-order valence-electron chi connectivity index (χ1n) is 8.24. The van der Waals surface area contributed by atoms with Crippen LogP contribution in [0.1, 0.15) is 16.1 Å². The summed E-state index contributed by atoms with van der Waals surface area (Å²) in [6.45, 7) is 0. The summed E-state index contributed by atoms with van der Waals surface area (Å²) in [5.41, 5.74) is 3.86. The van der Waals surface area contributed by atoms with Gasteiger partial charge in [0.15, 0.2) is 5.76 Å². The van der Waals surface area contributed by atoms with Crippen molar-refractivity contribution in [3.63, 3.8) is 0 Å². The third kappa shape index (κ3) is 3.37. The first kappa shape index (κ1) is 17.1. The van der Waals surface area contributed by atoms with Crippen LogP contribution in [0.2, 0.25) is 5.02 Å². The molecule has 0 radical (unpaired) electrons. The van der Waals surface area contributed by atoms with Crippen molar-refractivity contribution in [2.24, 2.45) is 5.10 Å². The lowest BCUT2D eigenvalue weighted by molar-refractivity contribution is 0.0929. The molecule has 0 bridgehead atoms. The van der Waals surface area contributed by atoms with Crippen molar-refractivity contribution in [1.29, 1.82) is 0 Å². The number of carbonyl (C=O) groups is 1. The fourth-order valence-electron chi connectivity index (χ4n) is 2.92. The Morgan fingerprint density at radius 3 is 2.81 bits per heavy atom. The summed E-state index contributed by atoms with van der Waals surface area (Å²) in [5, 5.41) is 7.45. The van der Waals surface area contributed by atoms with Crippen LogP contribution in [-0.2, 0) is 0 Å². The first-order chi connectivity index (χ1) is 13.2. The minimum Gasteiger partial charge on any atom is -0.496 e. The maximum atomic E-state index is 12.3. The number of amides is 1. The zero-order valence-electron chi connectivity index (χ0n) is 14.4. The fraction of sp³-hybridized carbons (Fsp3) is 0.0476. The molecule has 0 spiro atoms. The third-order valence-corrected chi connectivity index (χ3v) is 4.45. The largest absolute Gasteiger partial charge is 0.496 e. The van der Waals surface area contributed by atoms with Gasteiger partial charge >= 0.3 is 5.91 Å². The number of hydrogen-bond donors (Lipinski definition) is 1. The zero-order valence-corrected chi connectivity index (χ0v) is 15.2. The molecule has 1 amide bonds. The van der Waals surface area contributed by atoms with Gasteiger partial charge in [-0.15, -0.1) is 0 Å². The predicted molar refractivity (Wildman–Crippen MR) is 107 cm³/mol. The molecule has 0 unspecified atom stereocenters. The highest BCUT2D eigenvalue weighted by atomic mass is 35.5. The van der Waals surface area contributed by atoms with Crippen LogP contribution in [0.25, 0.3) is 21.7 Å². The number of nitrogens with one attached hydrogen (secondary N) is 1. The monoisotopic (exact) mass is 378 g/mol. The number of fused-ring (bicyclic) bond motifs is 2. The van der Waals surface area contributed by atoms with Gasteiger partial charge in [0.1, 0.15) is 11.3 Å². The van der Waals surface area contributed by atoms with Gasteiger partial charge in [-0.05, 0) is 41.1 Å². The molecule has 1 heterocycles.